The zero-order valence-corrected chi connectivity index (χ0v) is 17.5. The summed E-state index contributed by atoms with van der Waals surface area (Å²) in [4.78, 5) is 10.8. The average molecular weight is 446 g/mol. The van der Waals surface area contributed by atoms with Crippen LogP contribution in [0.2, 0.25) is 0 Å². The third-order valence-corrected chi connectivity index (χ3v) is 5.90. The third-order valence-electron chi connectivity index (χ3n) is 4.38. The first kappa shape index (κ1) is 24.3. The molecule has 3 unspecified atom stereocenters. The molecule has 2 rings (SSSR count). The van der Waals surface area contributed by atoms with Crippen LogP contribution in [0.25, 0.3) is 0 Å². The molecule has 9 heteroatoms. The summed E-state index contributed by atoms with van der Waals surface area (Å²) in [7, 11) is 0. The van der Waals surface area contributed by atoms with Crippen LogP contribution in [0, 0.1) is 0 Å². The molecule has 0 aromatic heterocycles. The van der Waals surface area contributed by atoms with Crippen molar-refractivity contribution in [2.45, 2.75) is 37.0 Å². The number of carbonyl (C=O) groups is 1. The lowest BCUT2D eigenvalue weighted by molar-refractivity contribution is -0.143. The molecule has 3 atom stereocenters. The Morgan fingerprint density at radius 2 is 1.97 bits per heavy atom. The minimum absolute atomic E-state index is 0.169. The maximum atomic E-state index is 12.7. The highest BCUT2D eigenvalue weighted by atomic mass is 32.2. The summed E-state index contributed by atoms with van der Waals surface area (Å²) in [5, 5.41) is 8.87. The molecule has 0 aliphatic heterocycles. The van der Waals surface area contributed by atoms with E-state index in [0.717, 1.165) is 12.1 Å². The predicted molar refractivity (Wildman–Crippen MR) is 109 cm³/mol. The van der Waals surface area contributed by atoms with Crippen molar-refractivity contribution in [3.05, 3.63) is 54.1 Å². The second kappa shape index (κ2) is 10.9. The first-order valence-electron chi connectivity index (χ1n) is 9.39. The second-order valence-electron chi connectivity index (χ2n) is 6.77. The number of allylic oxidation sites excluding steroid dienone is 2. The fourth-order valence-electron chi connectivity index (χ4n) is 2.79. The number of carboxylic acid groups (broad SMARTS) is 1. The van der Waals surface area contributed by atoms with Crippen LogP contribution < -0.4 is 4.74 Å². The minimum atomic E-state index is -4.39. The molecule has 1 aromatic rings. The van der Waals surface area contributed by atoms with Crippen LogP contribution >= 0.6 is 11.8 Å². The van der Waals surface area contributed by atoms with E-state index in [9.17, 15) is 18.0 Å². The van der Waals surface area contributed by atoms with Gasteiger partial charge in [-0.1, -0.05) is 24.3 Å². The van der Waals surface area contributed by atoms with Gasteiger partial charge < -0.3 is 19.3 Å². The Hall–Kier alpha value is -1.97. The summed E-state index contributed by atoms with van der Waals surface area (Å²) < 4.78 is 54.3. The molecule has 0 radical (unpaired) electrons. The van der Waals surface area contributed by atoms with Gasteiger partial charge in [-0.2, -0.15) is 13.2 Å². The highest BCUT2D eigenvalue weighted by molar-refractivity contribution is 8.00. The second-order valence-corrected chi connectivity index (χ2v) is 8.28. The van der Waals surface area contributed by atoms with Crippen LogP contribution in [-0.2, 0) is 20.4 Å². The molecule has 1 aromatic carbocycles. The first-order chi connectivity index (χ1) is 14.1. The standard InChI is InChI=1S/C21H25F3O5S/c1-3-27-17(12-28-16-9-7-15(8-10-16)21(22,23)24)14-30-20(2)11-5-4-6-18(20)29-13-19(25)26/h4-11,17-18H,3,12-14H2,1-2H3,(H,25,26). The highest BCUT2D eigenvalue weighted by Crippen LogP contribution is 2.36. The fraction of sp³-hybridized carbons (Fsp3) is 0.476. The SMILES string of the molecule is CCOC(COc1ccc(C(F)(F)F)cc1)CSC1(C)C=CC=CC1OCC(=O)O. The average Bonchev–Trinajstić information content (AvgIpc) is 2.69. The van der Waals surface area contributed by atoms with E-state index in [2.05, 4.69) is 0 Å². The van der Waals surface area contributed by atoms with Crippen molar-refractivity contribution in [1.82, 2.24) is 0 Å². The van der Waals surface area contributed by atoms with Gasteiger partial charge >= 0.3 is 12.1 Å². The van der Waals surface area contributed by atoms with Crippen molar-refractivity contribution in [1.29, 1.82) is 0 Å². The number of rotatable bonds is 11. The smallest absolute Gasteiger partial charge is 0.416 e. The topological polar surface area (TPSA) is 65.0 Å². The van der Waals surface area contributed by atoms with E-state index in [-0.39, 0.29) is 12.7 Å². The summed E-state index contributed by atoms with van der Waals surface area (Å²) in [6.07, 6.45) is 2.33. The molecule has 0 heterocycles. The van der Waals surface area contributed by atoms with Gasteiger partial charge in [0.05, 0.1) is 16.4 Å². The third kappa shape index (κ3) is 7.37. The van der Waals surface area contributed by atoms with E-state index in [1.54, 1.807) is 0 Å². The maximum Gasteiger partial charge on any atom is 0.416 e. The van der Waals surface area contributed by atoms with Gasteiger partial charge in [-0.3, -0.25) is 0 Å². The van der Waals surface area contributed by atoms with Crippen molar-refractivity contribution in [2.75, 3.05) is 25.6 Å². The van der Waals surface area contributed by atoms with Crippen molar-refractivity contribution < 1.29 is 37.3 Å². The first-order valence-corrected chi connectivity index (χ1v) is 10.4. The van der Waals surface area contributed by atoms with E-state index in [4.69, 9.17) is 19.3 Å². The van der Waals surface area contributed by atoms with Gasteiger partial charge in [0.2, 0.25) is 0 Å². The Morgan fingerprint density at radius 3 is 2.57 bits per heavy atom. The van der Waals surface area contributed by atoms with E-state index >= 15 is 0 Å². The molecule has 30 heavy (non-hydrogen) atoms. The normalized spacial score (nSPS) is 22.1. The quantitative estimate of drug-likeness (QED) is 0.537. The monoisotopic (exact) mass is 446 g/mol. The molecule has 0 spiro atoms. The molecule has 166 valence electrons. The molecule has 1 N–H and O–H groups in total. The Kier molecular flexibility index (Phi) is 8.81. The molecule has 1 aliphatic carbocycles. The van der Waals surface area contributed by atoms with Crippen molar-refractivity contribution in [3.63, 3.8) is 0 Å². The molecule has 0 saturated heterocycles. The highest BCUT2D eigenvalue weighted by Gasteiger charge is 2.34. The number of hydrogen-bond acceptors (Lipinski definition) is 5. The van der Waals surface area contributed by atoms with Gasteiger partial charge in [-0.15, -0.1) is 11.8 Å². The summed E-state index contributed by atoms with van der Waals surface area (Å²) in [6.45, 7) is 4.02. The molecule has 0 saturated carbocycles. The minimum Gasteiger partial charge on any atom is -0.491 e. The van der Waals surface area contributed by atoms with Crippen LogP contribution in [0.4, 0.5) is 13.2 Å². The van der Waals surface area contributed by atoms with E-state index in [1.165, 1.54) is 23.9 Å². The number of benzene rings is 1. The van der Waals surface area contributed by atoms with Crippen LogP contribution in [0.1, 0.15) is 19.4 Å². The Morgan fingerprint density at radius 1 is 1.27 bits per heavy atom. The van der Waals surface area contributed by atoms with Crippen LogP contribution in [0.5, 0.6) is 5.75 Å². The maximum absolute atomic E-state index is 12.7. The Labute approximate surface area is 177 Å². The van der Waals surface area contributed by atoms with Crippen LogP contribution in [0.3, 0.4) is 0 Å². The Bertz CT molecular complexity index is 748. The lowest BCUT2D eigenvalue weighted by atomic mass is 9.98. The molecule has 0 fully saturated rings. The Balaban J connectivity index is 1.93. The number of alkyl halides is 3. The predicted octanol–water partition coefficient (Wildman–Crippen LogP) is 4.58. The van der Waals surface area contributed by atoms with Gasteiger partial charge in [0.25, 0.3) is 0 Å². The number of aliphatic carboxylic acids is 1. The van der Waals surface area contributed by atoms with Crippen molar-refractivity contribution >= 4 is 17.7 Å². The van der Waals surface area contributed by atoms with E-state index < -0.39 is 35.2 Å². The summed E-state index contributed by atoms with van der Waals surface area (Å²) in [5.41, 5.74) is -0.732. The molecular formula is C21H25F3O5S. The van der Waals surface area contributed by atoms with Gasteiger partial charge in [0.15, 0.2) is 0 Å². The van der Waals surface area contributed by atoms with Crippen LogP contribution in [0.15, 0.2) is 48.6 Å². The summed E-state index contributed by atoms with van der Waals surface area (Å²) >= 11 is 1.54. The molecule has 0 bridgehead atoms. The molecule has 5 nitrogen and oxygen atoms in total. The van der Waals surface area contributed by atoms with Crippen LogP contribution in [-0.4, -0.2) is 53.6 Å². The lowest BCUT2D eigenvalue weighted by Crippen LogP contribution is -2.39. The van der Waals surface area contributed by atoms with E-state index in [0.29, 0.717) is 18.1 Å². The lowest BCUT2D eigenvalue weighted by Gasteiger charge is -2.35. The number of hydrogen-bond donors (Lipinski definition) is 1. The molecular weight excluding hydrogens is 421 g/mol. The number of carboxylic acids is 1. The van der Waals surface area contributed by atoms with Gasteiger partial charge in [-0.25, -0.2) is 4.79 Å². The zero-order chi connectivity index (χ0) is 22.2. The number of halogens is 3. The summed E-state index contributed by atoms with van der Waals surface area (Å²) in [6, 6.07) is 4.52. The van der Waals surface area contributed by atoms with Gasteiger partial charge in [0.1, 0.15) is 25.1 Å². The number of thioether (sulfide) groups is 1. The largest absolute Gasteiger partial charge is 0.491 e. The zero-order valence-electron chi connectivity index (χ0n) is 16.7. The molecule has 0 amide bonds. The van der Waals surface area contributed by atoms with Gasteiger partial charge in [0, 0.05) is 12.4 Å². The van der Waals surface area contributed by atoms with E-state index in [1.807, 2.05) is 38.2 Å². The number of ether oxygens (including phenoxy) is 3. The van der Waals surface area contributed by atoms with Crippen molar-refractivity contribution in [2.24, 2.45) is 0 Å². The van der Waals surface area contributed by atoms with Gasteiger partial charge in [-0.05, 0) is 38.1 Å². The van der Waals surface area contributed by atoms with Crippen molar-refractivity contribution in [3.8, 4) is 5.75 Å². The molecule has 1 aliphatic rings. The summed E-state index contributed by atoms with van der Waals surface area (Å²) in [5.74, 6) is -0.190. The fourth-order valence-corrected chi connectivity index (χ4v) is 4.01.